The zero-order valence-corrected chi connectivity index (χ0v) is 13.4. The Balaban J connectivity index is 1.40. The second-order valence-corrected chi connectivity index (χ2v) is 7.70. The van der Waals surface area contributed by atoms with E-state index in [0.717, 1.165) is 32.2 Å². The van der Waals surface area contributed by atoms with Gasteiger partial charge < -0.3 is 5.32 Å². The number of hydrogen-bond donors (Lipinski definition) is 1. The minimum atomic E-state index is 0.795. The van der Waals surface area contributed by atoms with Crippen molar-refractivity contribution in [2.45, 2.75) is 52.0 Å². The molecule has 1 aliphatic carbocycles. The molecule has 0 amide bonds. The highest BCUT2D eigenvalue weighted by Crippen LogP contribution is 2.28. The lowest BCUT2D eigenvalue weighted by Gasteiger charge is -2.14. The number of benzene rings is 1. The summed E-state index contributed by atoms with van der Waals surface area (Å²) in [5.41, 5.74) is 4.52. The molecule has 0 saturated heterocycles. The summed E-state index contributed by atoms with van der Waals surface area (Å²) in [7, 11) is 0. The van der Waals surface area contributed by atoms with Crippen LogP contribution in [-0.4, -0.2) is 10.9 Å². The van der Waals surface area contributed by atoms with Gasteiger partial charge in [0.2, 0.25) is 0 Å². The molecule has 1 saturated carbocycles. The van der Waals surface area contributed by atoms with Crippen LogP contribution < -0.4 is 5.32 Å². The van der Waals surface area contributed by atoms with Gasteiger partial charge in [-0.25, -0.2) is 0 Å². The zero-order chi connectivity index (χ0) is 14.2. The van der Waals surface area contributed by atoms with E-state index in [1.807, 2.05) is 11.3 Å². The van der Waals surface area contributed by atoms with Gasteiger partial charge in [0.05, 0.1) is 0 Å². The SMILES string of the molecule is Cc1sc(CNC2CC2)cc1CN1Cc2ccccc2C1. The van der Waals surface area contributed by atoms with Crippen molar-refractivity contribution in [2.75, 3.05) is 0 Å². The molecule has 1 fully saturated rings. The van der Waals surface area contributed by atoms with Gasteiger partial charge in [0.25, 0.3) is 0 Å². The minimum absolute atomic E-state index is 0.795. The number of fused-ring (bicyclic) bond motifs is 1. The van der Waals surface area contributed by atoms with Crippen LogP contribution in [0.4, 0.5) is 0 Å². The average molecular weight is 298 g/mol. The van der Waals surface area contributed by atoms with Crippen LogP contribution in [0.15, 0.2) is 30.3 Å². The van der Waals surface area contributed by atoms with Crippen LogP contribution in [0.2, 0.25) is 0 Å². The molecule has 2 nitrogen and oxygen atoms in total. The van der Waals surface area contributed by atoms with E-state index in [-0.39, 0.29) is 0 Å². The lowest BCUT2D eigenvalue weighted by molar-refractivity contribution is 0.275. The van der Waals surface area contributed by atoms with E-state index in [1.165, 1.54) is 39.3 Å². The summed E-state index contributed by atoms with van der Waals surface area (Å²) in [5, 5.41) is 3.62. The molecule has 3 heteroatoms. The fraction of sp³-hybridized carbons (Fsp3) is 0.444. The topological polar surface area (TPSA) is 15.3 Å². The Kier molecular flexibility index (Phi) is 3.57. The molecule has 2 aromatic rings. The fourth-order valence-electron chi connectivity index (χ4n) is 3.12. The maximum atomic E-state index is 3.62. The molecule has 0 atom stereocenters. The third kappa shape index (κ3) is 3.05. The third-order valence-corrected chi connectivity index (χ3v) is 5.61. The maximum absolute atomic E-state index is 3.62. The second kappa shape index (κ2) is 5.56. The van der Waals surface area contributed by atoms with E-state index in [0.29, 0.717) is 0 Å². The first kappa shape index (κ1) is 13.5. The molecule has 0 spiro atoms. The Morgan fingerprint density at radius 1 is 1.19 bits per heavy atom. The van der Waals surface area contributed by atoms with Crippen molar-refractivity contribution in [1.82, 2.24) is 10.2 Å². The van der Waals surface area contributed by atoms with E-state index >= 15 is 0 Å². The van der Waals surface area contributed by atoms with E-state index in [4.69, 9.17) is 0 Å². The predicted octanol–water partition coefficient (Wildman–Crippen LogP) is 3.82. The van der Waals surface area contributed by atoms with Gasteiger partial charge >= 0.3 is 0 Å². The molecule has 1 N–H and O–H groups in total. The van der Waals surface area contributed by atoms with Gasteiger partial charge in [-0.15, -0.1) is 11.3 Å². The Morgan fingerprint density at radius 2 is 1.90 bits per heavy atom. The maximum Gasteiger partial charge on any atom is 0.0302 e. The van der Waals surface area contributed by atoms with Crippen LogP contribution in [-0.2, 0) is 26.2 Å². The Morgan fingerprint density at radius 3 is 2.57 bits per heavy atom. The number of nitrogens with one attached hydrogen (secondary N) is 1. The molecule has 1 aromatic carbocycles. The van der Waals surface area contributed by atoms with Gasteiger partial charge in [0.15, 0.2) is 0 Å². The van der Waals surface area contributed by atoms with Crippen LogP contribution in [0, 0.1) is 6.92 Å². The Bertz CT molecular complexity index is 617. The molecular weight excluding hydrogens is 276 g/mol. The van der Waals surface area contributed by atoms with E-state index in [1.54, 1.807) is 0 Å². The van der Waals surface area contributed by atoms with Gasteiger partial charge in [0, 0.05) is 42.0 Å². The van der Waals surface area contributed by atoms with Crippen molar-refractivity contribution in [3.8, 4) is 0 Å². The van der Waals surface area contributed by atoms with Gasteiger partial charge in [-0.3, -0.25) is 4.90 Å². The highest BCUT2D eigenvalue weighted by Gasteiger charge is 2.22. The smallest absolute Gasteiger partial charge is 0.0302 e. The predicted molar refractivity (Wildman–Crippen MR) is 88.3 cm³/mol. The lowest BCUT2D eigenvalue weighted by Crippen LogP contribution is -2.16. The van der Waals surface area contributed by atoms with Gasteiger partial charge in [-0.05, 0) is 42.5 Å². The minimum Gasteiger partial charge on any atom is -0.309 e. The summed E-state index contributed by atoms with van der Waals surface area (Å²) in [6.45, 7) is 6.60. The molecule has 110 valence electrons. The average Bonchev–Trinajstić information content (AvgIpc) is 3.12. The van der Waals surface area contributed by atoms with E-state index < -0.39 is 0 Å². The summed E-state index contributed by atoms with van der Waals surface area (Å²) in [5.74, 6) is 0. The van der Waals surface area contributed by atoms with Crippen molar-refractivity contribution in [2.24, 2.45) is 0 Å². The van der Waals surface area contributed by atoms with E-state index in [9.17, 15) is 0 Å². The second-order valence-electron chi connectivity index (χ2n) is 6.36. The van der Waals surface area contributed by atoms with Crippen LogP contribution in [0.25, 0.3) is 0 Å². The van der Waals surface area contributed by atoms with E-state index in [2.05, 4.69) is 47.5 Å². The summed E-state index contributed by atoms with van der Waals surface area (Å²) < 4.78 is 0. The van der Waals surface area contributed by atoms with Gasteiger partial charge in [-0.1, -0.05) is 24.3 Å². The first-order chi connectivity index (χ1) is 10.3. The number of rotatable bonds is 5. The van der Waals surface area contributed by atoms with Crippen molar-refractivity contribution < 1.29 is 0 Å². The summed E-state index contributed by atoms with van der Waals surface area (Å²) >= 11 is 1.96. The quantitative estimate of drug-likeness (QED) is 0.902. The highest BCUT2D eigenvalue weighted by atomic mass is 32.1. The lowest BCUT2D eigenvalue weighted by atomic mass is 10.1. The van der Waals surface area contributed by atoms with Crippen LogP contribution in [0.1, 0.15) is 39.3 Å². The largest absolute Gasteiger partial charge is 0.309 e. The molecule has 21 heavy (non-hydrogen) atoms. The molecule has 4 rings (SSSR count). The molecule has 2 heterocycles. The number of nitrogens with zero attached hydrogens (tertiary/aromatic N) is 1. The van der Waals surface area contributed by atoms with Crippen molar-refractivity contribution in [1.29, 1.82) is 0 Å². The third-order valence-electron chi connectivity index (χ3n) is 4.51. The normalized spacial score (nSPS) is 18.1. The number of aryl methyl sites for hydroxylation is 1. The molecule has 2 aliphatic rings. The number of thiophene rings is 1. The summed E-state index contributed by atoms with van der Waals surface area (Å²) in [4.78, 5) is 5.53. The first-order valence-corrected chi connectivity index (χ1v) is 8.70. The molecular formula is C18H22N2S. The standard InChI is InChI=1S/C18H22N2S/c1-13-16(8-18(21-13)9-19-17-6-7-17)12-20-10-14-4-2-3-5-15(14)11-20/h2-5,8,17,19H,6-7,9-12H2,1H3. The van der Waals surface area contributed by atoms with Crippen molar-refractivity contribution >= 4 is 11.3 Å². The van der Waals surface area contributed by atoms with Gasteiger partial charge in [0.1, 0.15) is 0 Å². The Hall–Kier alpha value is -1.16. The molecule has 1 aliphatic heterocycles. The molecule has 0 radical (unpaired) electrons. The molecule has 0 unspecified atom stereocenters. The molecule has 0 bridgehead atoms. The Labute approximate surface area is 130 Å². The highest BCUT2D eigenvalue weighted by molar-refractivity contribution is 7.12. The monoisotopic (exact) mass is 298 g/mol. The molecule has 1 aromatic heterocycles. The number of hydrogen-bond acceptors (Lipinski definition) is 3. The van der Waals surface area contributed by atoms with Crippen LogP contribution in [0.3, 0.4) is 0 Å². The summed E-state index contributed by atoms with van der Waals surface area (Å²) in [6.07, 6.45) is 2.73. The van der Waals surface area contributed by atoms with Gasteiger partial charge in [-0.2, -0.15) is 0 Å². The van der Waals surface area contributed by atoms with Crippen molar-refractivity contribution in [3.05, 3.63) is 56.8 Å². The van der Waals surface area contributed by atoms with Crippen LogP contribution in [0.5, 0.6) is 0 Å². The van der Waals surface area contributed by atoms with Crippen molar-refractivity contribution in [3.63, 3.8) is 0 Å². The fourth-order valence-corrected chi connectivity index (χ4v) is 4.13. The van der Waals surface area contributed by atoms with Crippen LogP contribution >= 0.6 is 11.3 Å². The first-order valence-electron chi connectivity index (χ1n) is 7.88. The summed E-state index contributed by atoms with van der Waals surface area (Å²) in [6, 6.07) is 12.0. The zero-order valence-electron chi connectivity index (χ0n) is 12.6.